The lowest BCUT2D eigenvalue weighted by Crippen LogP contribution is -2.33. The number of carbonyl (C=O) groups is 1. The second-order valence-corrected chi connectivity index (χ2v) is 8.14. The second-order valence-electron chi connectivity index (χ2n) is 5.94. The van der Waals surface area contributed by atoms with Crippen molar-refractivity contribution in [2.24, 2.45) is 0 Å². The second kappa shape index (κ2) is 9.03. The summed E-state index contributed by atoms with van der Waals surface area (Å²) in [6.07, 6.45) is 0.929. The van der Waals surface area contributed by atoms with Crippen LogP contribution >= 0.6 is 23.1 Å². The maximum absolute atomic E-state index is 11.8. The van der Waals surface area contributed by atoms with Crippen LogP contribution in [-0.2, 0) is 4.79 Å². The van der Waals surface area contributed by atoms with Gasteiger partial charge >= 0.3 is 0 Å². The molecule has 0 unspecified atom stereocenters. The van der Waals surface area contributed by atoms with E-state index in [9.17, 15) is 4.79 Å². The van der Waals surface area contributed by atoms with Crippen LogP contribution in [0.3, 0.4) is 0 Å². The predicted molar refractivity (Wildman–Crippen MR) is 102 cm³/mol. The zero-order valence-corrected chi connectivity index (χ0v) is 16.1. The smallest absolute Gasteiger partial charge is 0.230 e. The molecule has 0 saturated heterocycles. The SMILES string of the molecule is CC[C@@H](C)NC(=O)CSc1nnc(Nc2ccc(C(C)C)cc2)s1. The number of amides is 1. The minimum atomic E-state index is 0.0309. The van der Waals surface area contributed by atoms with Gasteiger partial charge in [-0.2, -0.15) is 0 Å². The van der Waals surface area contributed by atoms with Crippen molar-refractivity contribution in [2.45, 2.75) is 50.4 Å². The Bertz CT molecular complexity index is 655. The summed E-state index contributed by atoms with van der Waals surface area (Å²) in [6.45, 7) is 8.40. The molecule has 0 fully saturated rings. The van der Waals surface area contributed by atoms with Crippen LogP contribution < -0.4 is 10.6 Å². The molecule has 1 aromatic carbocycles. The Balaban J connectivity index is 1.85. The number of anilines is 2. The van der Waals surface area contributed by atoms with Crippen LogP contribution in [0.4, 0.5) is 10.8 Å². The maximum atomic E-state index is 11.8. The monoisotopic (exact) mass is 364 g/mol. The fraction of sp³-hybridized carbons (Fsp3) is 0.471. The lowest BCUT2D eigenvalue weighted by atomic mass is 10.0. The summed E-state index contributed by atoms with van der Waals surface area (Å²) in [5.41, 5.74) is 2.29. The first kappa shape index (κ1) is 18.7. The van der Waals surface area contributed by atoms with Crippen LogP contribution in [0.5, 0.6) is 0 Å². The van der Waals surface area contributed by atoms with Gasteiger partial charge in [0.2, 0.25) is 11.0 Å². The van der Waals surface area contributed by atoms with Crippen molar-refractivity contribution in [3.05, 3.63) is 29.8 Å². The maximum Gasteiger partial charge on any atom is 0.230 e. The van der Waals surface area contributed by atoms with Gasteiger partial charge in [0.25, 0.3) is 0 Å². The van der Waals surface area contributed by atoms with E-state index in [2.05, 4.69) is 53.7 Å². The van der Waals surface area contributed by atoms with Gasteiger partial charge in [-0.3, -0.25) is 4.79 Å². The van der Waals surface area contributed by atoms with E-state index in [1.54, 1.807) is 0 Å². The Morgan fingerprint density at radius 1 is 1.21 bits per heavy atom. The summed E-state index contributed by atoms with van der Waals surface area (Å²) in [4.78, 5) is 11.8. The fourth-order valence-corrected chi connectivity index (χ4v) is 3.52. The first-order chi connectivity index (χ1) is 11.5. The molecule has 0 bridgehead atoms. The van der Waals surface area contributed by atoms with Crippen molar-refractivity contribution in [2.75, 3.05) is 11.1 Å². The molecule has 7 heteroatoms. The molecule has 1 aromatic heterocycles. The largest absolute Gasteiger partial charge is 0.353 e. The Hall–Kier alpha value is -1.60. The van der Waals surface area contributed by atoms with Crippen molar-refractivity contribution >= 4 is 39.8 Å². The average Bonchev–Trinajstić information content (AvgIpc) is 3.00. The molecule has 2 rings (SSSR count). The van der Waals surface area contributed by atoms with Gasteiger partial charge in [-0.1, -0.05) is 56.0 Å². The Kier molecular flexibility index (Phi) is 7.05. The van der Waals surface area contributed by atoms with Gasteiger partial charge in [-0.25, -0.2) is 0 Å². The standard InChI is InChI=1S/C17H24N4OS2/c1-5-12(4)18-15(22)10-23-17-21-20-16(24-17)19-14-8-6-13(7-9-14)11(2)3/h6-9,11-12H,5,10H2,1-4H3,(H,18,22)(H,19,20)/t12-/m1/s1. The highest BCUT2D eigenvalue weighted by molar-refractivity contribution is 8.01. The van der Waals surface area contributed by atoms with Crippen LogP contribution in [0.25, 0.3) is 0 Å². The number of aromatic nitrogens is 2. The predicted octanol–water partition coefficient (Wildman–Crippen LogP) is 4.41. The zero-order valence-electron chi connectivity index (χ0n) is 14.5. The molecule has 0 spiro atoms. The van der Waals surface area contributed by atoms with Gasteiger partial charge in [0.05, 0.1) is 5.75 Å². The number of benzene rings is 1. The van der Waals surface area contributed by atoms with E-state index in [0.29, 0.717) is 11.7 Å². The summed E-state index contributed by atoms with van der Waals surface area (Å²) >= 11 is 2.87. The summed E-state index contributed by atoms with van der Waals surface area (Å²) in [7, 11) is 0. The lowest BCUT2D eigenvalue weighted by molar-refractivity contribution is -0.119. The molecule has 5 nitrogen and oxygen atoms in total. The first-order valence-corrected chi connectivity index (χ1v) is 9.90. The summed E-state index contributed by atoms with van der Waals surface area (Å²) in [5.74, 6) is 0.913. The van der Waals surface area contributed by atoms with Gasteiger partial charge in [0.15, 0.2) is 4.34 Å². The fourth-order valence-electron chi connectivity index (χ4n) is 1.94. The molecular formula is C17H24N4OS2. The third kappa shape index (κ3) is 5.79. The van der Waals surface area contributed by atoms with E-state index in [4.69, 9.17) is 0 Å². The van der Waals surface area contributed by atoms with Crippen molar-refractivity contribution in [3.63, 3.8) is 0 Å². The summed E-state index contributed by atoms with van der Waals surface area (Å²) in [6, 6.07) is 8.52. The van der Waals surface area contributed by atoms with E-state index < -0.39 is 0 Å². The van der Waals surface area contributed by atoms with E-state index in [-0.39, 0.29) is 11.9 Å². The highest BCUT2D eigenvalue weighted by atomic mass is 32.2. The van der Waals surface area contributed by atoms with Crippen molar-refractivity contribution in [3.8, 4) is 0 Å². The van der Waals surface area contributed by atoms with Crippen molar-refractivity contribution < 1.29 is 4.79 Å². The van der Waals surface area contributed by atoms with Gasteiger partial charge in [-0.15, -0.1) is 10.2 Å². The number of nitrogens with zero attached hydrogens (tertiary/aromatic N) is 2. The van der Waals surface area contributed by atoms with E-state index in [1.807, 2.05) is 19.1 Å². The van der Waals surface area contributed by atoms with Gasteiger partial charge < -0.3 is 10.6 Å². The lowest BCUT2D eigenvalue weighted by Gasteiger charge is -2.10. The van der Waals surface area contributed by atoms with Crippen LogP contribution in [0.15, 0.2) is 28.6 Å². The molecule has 0 saturated carbocycles. The Morgan fingerprint density at radius 2 is 1.92 bits per heavy atom. The number of carbonyl (C=O) groups excluding carboxylic acids is 1. The third-order valence-corrected chi connectivity index (χ3v) is 5.55. The van der Waals surface area contributed by atoms with E-state index in [1.165, 1.54) is 28.7 Å². The summed E-state index contributed by atoms with van der Waals surface area (Å²) < 4.78 is 0.788. The molecule has 0 aliphatic heterocycles. The minimum absolute atomic E-state index is 0.0309. The number of thioether (sulfide) groups is 1. The highest BCUT2D eigenvalue weighted by Crippen LogP contribution is 2.28. The quantitative estimate of drug-likeness (QED) is 0.679. The molecule has 0 aliphatic rings. The van der Waals surface area contributed by atoms with Crippen LogP contribution in [0, 0.1) is 0 Å². The van der Waals surface area contributed by atoms with Crippen LogP contribution in [-0.4, -0.2) is 27.9 Å². The zero-order chi connectivity index (χ0) is 17.5. The molecule has 1 atom stereocenters. The summed E-state index contributed by atoms with van der Waals surface area (Å²) in [5, 5.41) is 15.2. The molecule has 2 N–H and O–H groups in total. The Morgan fingerprint density at radius 3 is 2.54 bits per heavy atom. The first-order valence-electron chi connectivity index (χ1n) is 8.10. The molecular weight excluding hydrogens is 340 g/mol. The topological polar surface area (TPSA) is 66.9 Å². The van der Waals surface area contributed by atoms with E-state index >= 15 is 0 Å². The number of hydrogen-bond donors (Lipinski definition) is 2. The van der Waals surface area contributed by atoms with Crippen molar-refractivity contribution in [1.29, 1.82) is 0 Å². The van der Waals surface area contributed by atoms with Crippen LogP contribution in [0.2, 0.25) is 0 Å². The molecule has 130 valence electrons. The minimum Gasteiger partial charge on any atom is -0.353 e. The molecule has 0 aliphatic carbocycles. The molecule has 0 radical (unpaired) electrons. The third-order valence-electron chi connectivity index (χ3n) is 3.58. The molecule has 2 aromatic rings. The van der Waals surface area contributed by atoms with Gasteiger partial charge in [0, 0.05) is 11.7 Å². The van der Waals surface area contributed by atoms with E-state index in [0.717, 1.165) is 21.6 Å². The molecule has 24 heavy (non-hydrogen) atoms. The average molecular weight is 365 g/mol. The molecule has 1 heterocycles. The van der Waals surface area contributed by atoms with Gasteiger partial charge in [-0.05, 0) is 37.0 Å². The Labute approximate surface area is 151 Å². The normalized spacial score (nSPS) is 12.2. The number of hydrogen-bond acceptors (Lipinski definition) is 6. The van der Waals surface area contributed by atoms with Crippen molar-refractivity contribution in [1.82, 2.24) is 15.5 Å². The number of rotatable bonds is 8. The number of nitrogens with one attached hydrogen (secondary N) is 2. The highest BCUT2D eigenvalue weighted by Gasteiger charge is 2.10. The van der Waals surface area contributed by atoms with Gasteiger partial charge in [0.1, 0.15) is 0 Å². The van der Waals surface area contributed by atoms with Crippen LogP contribution in [0.1, 0.15) is 45.6 Å². The molecule has 1 amide bonds.